The molecule has 2 N–H and O–H groups in total. The molecule has 1 fully saturated rings. The van der Waals surface area contributed by atoms with Crippen LogP contribution in [0, 0.1) is 12.8 Å². The van der Waals surface area contributed by atoms with Gasteiger partial charge in [-0.05, 0) is 31.2 Å². The fraction of sp³-hybridized carbons (Fsp3) is 0.625. The van der Waals surface area contributed by atoms with Crippen LogP contribution < -0.4 is 5.73 Å². The smallest absolute Gasteiger partial charge is 0.0811 e. The number of rotatable bonds is 4. The highest BCUT2D eigenvalue weighted by atomic mass is 16.5. The van der Waals surface area contributed by atoms with E-state index < -0.39 is 0 Å². The van der Waals surface area contributed by atoms with Crippen molar-refractivity contribution in [1.29, 1.82) is 0 Å². The van der Waals surface area contributed by atoms with Crippen molar-refractivity contribution >= 4 is 0 Å². The van der Waals surface area contributed by atoms with Gasteiger partial charge >= 0.3 is 0 Å². The summed E-state index contributed by atoms with van der Waals surface area (Å²) in [5.41, 5.74) is 8.43. The molecule has 0 amide bonds. The van der Waals surface area contributed by atoms with Gasteiger partial charge in [-0.15, -0.1) is 0 Å². The summed E-state index contributed by atoms with van der Waals surface area (Å²) in [5.74, 6) is 0.736. The highest BCUT2D eigenvalue weighted by Gasteiger charge is 2.34. The Morgan fingerprint density at radius 2 is 2.28 bits per heavy atom. The molecule has 0 saturated heterocycles. The molecular formula is C16H25NO. The van der Waals surface area contributed by atoms with Crippen molar-refractivity contribution in [2.75, 3.05) is 6.54 Å². The Kier molecular flexibility index (Phi) is 4.41. The molecule has 0 bridgehead atoms. The number of aryl methyl sites for hydroxylation is 1. The van der Waals surface area contributed by atoms with E-state index in [1.807, 2.05) is 0 Å². The summed E-state index contributed by atoms with van der Waals surface area (Å²) in [5, 5.41) is 0. The van der Waals surface area contributed by atoms with Gasteiger partial charge in [0.2, 0.25) is 0 Å². The van der Waals surface area contributed by atoms with Crippen molar-refractivity contribution < 1.29 is 4.74 Å². The van der Waals surface area contributed by atoms with Crippen molar-refractivity contribution in [3.63, 3.8) is 0 Å². The minimum Gasteiger partial charge on any atom is -0.369 e. The summed E-state index contributed by atoms with van der Waals surface area (Å²) in [6.07, 6.45) is 4.77. The number of hydrogen-bond acceptors (Lipinski definition) is 2. The van der Waals surface area contributed by atoms with Crippen molar-refractivity contribution in [1.82, 2.24) is 0 Å². The molecule has 2 atom stereocenters. The molecule has 1 aliphatic carbocycles. The van der Waals surface area contributed by atoms with Crippen molar-refractivity contribution in [3.8, 4) is 0 Å². The summed E-state index contributed by atoms with van der Waals surface area (Å²) < 4.78 is 6.21. The molecule has 1 aromatic carbocycles. The maximum Gasteiger partial charge on any atom is 0.0811 e. The van der Waals surface area contributed by atoms with Gasteiger partial charge in [-0.25, -0.2) is 0 Å². The second-order valence-electron chi connectivity index (χ2n) is 5.87. The molecule has 1 aliphatic rings. The van der Waals surface area contributed by atoms with Crippen molar-refractivity contribution in [2.24, 2.45) is 11.7 Å². The van der Waals surface area contributed by atoms with Crippen LogP contribution in [0.3, 0.4) is 0 Å². The summed E-state index contributed by atoms with van der Waals surface area (Å²) >= 11 is 0. The third kappa shape index (κ3) is 3.33. The van der Waals surface area contributed by atoms with E-state index in [1.165, 1.54) is 24.0 Å². The minimum absolute atomic E-state index is 0.0819. The van der Waals surface area contributed by atoms with E-state index >= 15 is 0 Å². The van der Waals surface area contributed by atoms with Gasteiger partial charge in [0.05, 0.1) is 12.2 Å². The summed E-state index contributed by atoms with van der Waals surface area (Å²) in [6, 6.07) is 8.53. The normalized spacial score (nSPS) is 28.3. The Labute approximate surface area is 111 Å². The third-order valence-electron chi connectivity index (χ3n) is 4.05. The number of ether oxygens (including phenoxy) is 1. The lowest BCUT2D eigenvalue weighted by atomic mass is 9.79. The first-order valence-corrected chi connectivity index (χ1v) is 7.03. The summed E-state index contributed by atoms with van der Waals surface area (Å²) in [6.45, 7) is 5.75. The van der Waals surface area contributed by atoms with E-state index in [4.69, 9.17) is 10.5 Å². The lowest BCUT2D eigenvalue weighted by Crippen LogP contribution is -2.44. The molecule has 0 aromatic heterocycles. The number of benzene rings is 1. The van der Waals surface area contributed by atoms with E-state index in [-0.39, 0.29) is 5.60 Å². The Bertz CT molecular complexity index is 390. The molecule has 2 unspecified atom stereocenters. The molecule has 2 nitrogen and oxygen atoms in total. The number of nitrogens with two attached hydrogens (primary N) is 1. The van der Waals surface area contributed by atoms with E-state index in [0.717, 1.165) is 18.8 Å². The Balaban J connectivity index is 1.98. The first kappa shape index (κ1) is 13.6. The highest BCUT2D eigenvalue weighted by Crippen LogP contribution is 2.35. The average Bonchev–Trinajstić information content (AvgIpc) is 2.37. The van der Waals surface area contributed by atoms with Crippen LogP contribution in [0.1, 0.15) is 43.7 Å². The van der Waals surface area contributed by atoms with Crippen LogP contribution in [0.15, 0.2) is 24.3 Å². The van der Waals surface area contributed by atoms with Crippen LogP contribution in [0.5, 0.6) is 0 Å². The lowest BCUT2D eigenvalue weighted by molar-refractivity contribution is -0.0840. The quantitative estimate of drug-likeness (QED) is 0.885. The van der Waals surface area contributed by atoms with E-state index in [1.54, 1.807) is 0 Å². The second-order valence-corrected chi connectivity index (χ2v) is 5.87. The number of hydrogen-bond donors (Lipinski definition) is 1. The molecule has 0 heterocycles. The van der Waals surface area contributed by atoms with Gasteiger partial charge in [0.25, 0.3) is 0 Å². The molecule has 2 rings (SSSR count). The molecule has 18 heavy (non-hydrogen) atoms. The zero-order chi connectivity index (χ0) is 13.0. The fourth-order valence-corrected chi connectivity index (χ4v) is 3.03. The zero-order valence-corrected chi connectivity index (χ0v) is 11.6. The van der Waals surface area contributed by atoms with Gasteiger partial charge < -0.3 is 10.5 Å². The predicted octanol–water partition coefficient (Wildman–Crippen LogP) is 3.42. The monoisotopic (exact) mass is 247 g/mol. The maximum absolute atomic E-state index is 6.21. The van der Waals surface area contributed by atoms with Gasteiger partial charge in [-0.3, -0.25) is 0 Å². The molecule has 100 valence electrons. The van der Waals surface area contributed by atoms with Gasteiger partial charge in [-0.2, -0.15) is 0 Å². The molecule has 1 aromatic rings. The highest BCUT2D eigenvalue weighted by molar-refractivity contribution is 5.21. The van der Waals surface area contributed by atoms with Crippen molar-refractivity contribution in [2.45, 2.75) is 51.7 Å². The first-order valence-electron chi connectivity index (χ1n) is 7.03. The van der Waals surface area contributed by atoms with Gasteiger partial charge in [0.1, 0.15) is 0 Å². The average molecular weight is 247 g/mol. The molecular weight excluding hydrogens is 222 g/mol. The first-order chi connectivity index (χ1) is 8.63. The van der Waals surface area contributed by atoms with Crippen LogP contribution in [0.2, 0.25) is 0 Å². The Morgan fingerprint density at radius 1 is 1.44 bits per heavy atom. The van der Waals surface area contributed by atoms with Crippen LogP contribution in [0.4, 0.5) is 0 Å². The maximum atomic E-state index is 6.21. The van der Waals surface area contributed by atoms with E-state index in [0.29, 0.717) is 13.2 Å². The van der Waals surface area contributed by atoms with Gasteiger partial charge in [-0.1, -0.05) is 49.6 Å². The van der Waals surface area contributed by atoms with Gasteiger partial charge in [0.15, 0.2) is 0 Å². The van der Waals surface area contributed by atoms with Crippen LogP contribution in [0.25, 0.3) is 0 Å². The molecule has 2 heteroatoms. The van der Waals surface area contributed by atoms with Crippen molar-refractivity contribution in [3.05, 3.63) is 35.4 Å². The topological polar surface area (TPSA) is 35.2 Å². The lowest BCUT2D eigenvalue weighted by Gasteiger charge is -2.39. The summed E-state index contributed by atoms with van der Waals surface area (Å²) in [4.78, 5) is 0. The fourth-order valence-electron chi connectivity index (χ4n) is 3.03. The third-order valence-corrected chi connectivity index (χ3v) is 4.05. The largest absolute Gasteiger partial charge is 0.369 e. The molecule has 1 saturated carbocycles. The predicted molar refractivity (Wildman–Crippen MR) is 75.4 cm³/mol. The Morgan fingerprint density at radius 3 is 2.94 bits per heavy atom. The van der Waals surface area contributed by atoms with Crippen LogP contribution >= 0.6 is 0 Å². The summed E-state index contributed by atoms with van der Waals surface area (Å²) in [7, 11) is 0. The zero-order valence-electron chi connectivity index (χ0n) is 11.6. The van der Waals surface area contributed by atoms with Crippen LogP contribution in [-0.2, 0) is 11.3 Å². The van der Waals surface area contributed by atoms with Crippen LogP contribution in [-0.4, -0.2) is 12.1 Å². The van der Waals surface area contributed by atoms with Gasteiger partial charge in [0, 0.05) is 6.54 Å². The Hall–Kier alpha value is -0.860. The SMILES string of the molecule is Cc1cccc(COC2(CN)CCCC(C)C2)c1. The molecule has 0 spiro atoms. The van der Waals surface area contributed by atoms with E-state index in [2.05, 4.69) is 38.1 Å². The standard InChI is InChI=1S/C16H25NO/c1-13-5-3-7-15(9-13)11-18-16(12-17)8-4-6-14(2)10-16/h3,5,7,9,14H,4,6,8,10-12,17H2,1-2H3. The molecule has 0 radical (unpaired) electrons. The molecule has 0 aliphatic heterocycles. The minimum atomic E-state index is -0.0819. The second kappa shape index (κ2) is 5.85. The van der Waals surface area contributed by atoms with E-state index in [9.17, 15) is 0 Å².